The van der Waals surface area contributed by atoms with E-state index in [2.05, 4.69) is 32.1 Å². The van der Waals surface area contributed by atoms with Crippen molar-refractivity contribution in [2.24, 2.45) is 0 Å². The minimum Gasteiger partial charge on any atom is -0.367 e. The maximum absolute atomic E-state index is 12.9. The molecule has 0 bridgehead atoms. The molecule has 2 heterocycles. The summed E-state index contributed by atoms with van der Waals surface area (Å²) in [6.45, 7) is 4.92. The van der Waals surface area contributed by atoms with Gasteiger partial charge in [-0.15, -0.1) is 0 Å². The van der Waals surface area contributed by atoms with Gasteiger partial charge in [0, 0.05) is 43.4 Å². The lowest BCUT2D eigenvalue weighted by molar-refractivity contribution is -0.385. The van der Waals surface area contributed by atoms with Gasteiger partial charge in [-0.25, -0.2) is 4.79 Å². The molecule has 10 nitrogen and oxygen atoms in total. The van der Waals surface area contributed by atoms with Gasteiger partial charge in [0.2, 0.25) is 0 Å². The molecule has 3 aromatic rings. The van der Waals surface area contributed by atoms with Gasteiger partial charge in [0.1, 0.15) is 0 Å². The summed E-state index contributed by atoms with van der Waals surface area (Å²) in [4.78, 5) is 45.1. The van der Waals surface area contributed by atoms with Crippen molar-refractivity contribution in [3.63, 3.8) is 0 Å². The molecule has 1 aromatic heterocycles. The quantitative estimate of drug-likeness (QED) is 0.446. The largest absolute Gasteiger partial charge is 0.367 e. The number of imidazole rings is 1. The number of benzene rings is 2. The fourth-order valence-electron chi connectivity index (χ4n) is 3.62. The number of H-pyrrole nitrogens is 2. The van der Waals surface area contributed by atoms with Crippen molar-refractivity contribution >= 4 is 34.0 Å². The molecule has 1 saturated heterocycles. The number of hydrogen-bond acceptors (Lipinski definition) is 6. The van der Waals surface area contributed by atoms with Gasteiger partial charge < -0.3 is 25.1 Å². The van der Waals surface area contributed by atoms with Gasteiger partial charge in [0.25, 0.3) is 11.6 Å². The maximum Gasteiger partial charge on any atom is 0.323 e. The molecule has 0 spiro atoms. The van der Waals surface area contributed by atoms with Crippen LogP contribution in [0.2, 0.25) is 0 Å². The van der Waals surface area contributed by atoms with Gasteiger partial charge in [-0.1, -0.05) is 6.07 Å². The number of aromatic amines is 2. The highest BCUT2D eigenvalue weighted by atomic mass is 16.6. The summed E-state index contributed by atoms with van der Waals surface area (Å²) in [5, 5.41) is 14.1. The molecule has 0 radical (unpaired) electrons. The molecule has 2 aromatic carbocycles. The summed E-state index contributed by atoms with van der Waals surface area (Å²) in [6, 6.07) is 7.94. The number of hydrogen-bond donors (Lipinski definition) is 3. The van der Waals surface area contributed by atoms with Crippen LogP contribution >= 0.6 is 0 Å². The van der Waals surface area contributed by atoms with E-state index in [0.717, 1.165) is 31.9 Å². The Morgan fingerprint density at radius 2 is 1.77 bits per heavy atom. The van der Waals surface area contributed by atoms with Gasteiger partial charge in [-0.3, -0.25) is 14.9 Å². The first kappa shape index (κ1) is 19.6. The Balaban J connectivity index is 1.71. The van der Waals surface area contributed by atoms with Gasteiger partial charge in [0.15, 0.2) is 0 Å². The Labute approximate surface area is 171 Å². The first-order valence-electron chi connectivity index (χ1n) is 9.58. The van der Waals surface area contributed by atoms with Crippen molar-refractivity contribution < 1.29 is 9.72 Å². The van der Waals surface area contributed by atoms with Gasteiger partial charge in [0.05, 0.1) is 27.3 Å². The monoisotopic (exact) mass is 410 g/mol. The van der Waals surface area contributed by atoms with Crippen LogP contribution in [0.5, 0.6) is 0 Å². The molecular formula is C20H22N6O4. The number of aryl methyl sites for hydroxylation is 1. The average Bonchev–Trinajstić information content (AvgIpc) is 3.07. The lowest BCUT2D eigenvalue weighted by Crippen LogP contribution is -2.44. The minimum atomic E-state index is -0.502. The molecule has 0 saturated carbocycles. The van der Waals surface area contributed by atoms with E-state index >= 15 is 0 Å². The first-order chi connectivity index (χ1) is 14.3. The second-order valence-electron chi connectivity index (χ2n) is 7.50. The second-order valence-corrected chi connectivity index (χ2v) is 7.50. The third-order valence-corrected chi connectivity index (χ3v) is 5.39. The molecule has 1 aliphatic rings. The fourth-order valence-corrected chi connectivity index (χ4v) is 3.62. The van der Waals surface area contributed by atoms with Crippen LogP contribution in [-0.2, 0) is 0 Å². The first-order valence-corrected chi connectivity index (χ1v) is 9.58. The maximum atomic E-state index is 12.9. The molecule has 3 N–H and O–H groups in total. The van der Waals surface area contributed by atoms with Crippen LogP contribution in [0.25, 0.3) is 11.0 Å². The number of rotatable bonds is 4. The molecule has 156 valence electrons. The molecule has 1 fully saturated rings. The van der Waals surface area contributed by atoms with Gasteiger partial charge >= 0.3 is 5.69 Å². The Morgan fingerprint density at radius 1 is 1.10 bits per heavy atom. The molecule has 4 rings (SSSR count). The number of nitrogens with zero attached hydrogens (tertiary/aromatic N) is 3. The highest BCUT2D eigenvalue weighted by molar-refractivity contribution is 6.07. The number of nitrogens with one attached hydrogen (secondary N) is 3. The topological polar surface area (TPSA) is 127 Å². The van der Waals surface area contributed by atoms with Crippen LogP contribution in [0.3, 0.4) is 0 Å². The van der Waals surface area contributed by atoms with Gasteiger partial charge in [-0.05, 0) is 32.2 Å². The van der Waals surface area contributed by atoms with Crippen LogP contribution < -0.4 is 15.9 Å². The zero-order chi connectivity index (χ0) is 21.4. The summed E-state index contributed by atoms with van der Waals surface area (Å²) in [7, 11) is 2.05. The van der Waals surface area contributed by atoms with Crippen LogP contribution in [-0.4, -0.2) is 58.9 Å². The molecule has 0 atom stereocenters. The van der Waals surface area contributed by atoms with Crippen LogP contribution in [0, 0.1) is 17.0 Å². The Hall–Kier alpha value is -3.66. The van der Waals surface area contributed by atoms with E-state index in [1.165, 1.54) is 6.07 Å². The Morgan fingerprint density at radius 3 is 2.43 bits per heavy atom. The molecule has 0 aliphatic carbocycles. The van der Waals surface area contributed by atoms with Crippen molar-refractivity contribution in [1.82, 2.24) is 14.9 Å². The van der Waals surface area contributed by atoms with Crippen molar-refractivity contribution in [2.75, 3.05) is 43.4 Å². The molecule has 30 heavy (non-hydrogen) atoms. The molecule has 1 amide bonds. The van der Waals surface area contributed by atoms with E-state index in [0.29, 0.717) is 22.3 Å². The highest BCUT2D eigenvalue weighted by Gasteiger charge is 2.21. The zero-order valence-corrected chi connectivity index (χ0v) is 16.7. The van der Waals surface area contributed by atoms with E-state index < -0.39 is 10.8 Å². The number of amides is 1. The number of piperazine rings is 1. The summed E-state index contributed by atoms with van der Waals surface area (Å²) >= 11 is 0. The lowest BCUT2D eigenvalue weighted by atomic mass is 10.1. The second kappa shape index (κ2) is 7.64. The number of nitro benzene ring substituents is 1. The lowest BCUT2D eigenvalue weighted by Gasteiger charge is -2.35. The van der Waals surface area contributed by atoms with Gasteiger partial charge in [-0.2, -0.15) is 0 Å². The molecule has 1 aliphatic heterocycles. The zero-order valence-electron chi connectivity index (χ0n) is 16.7. The van der Waals surface area contributed by atoms with Crippen molar-refractivity contribution in [3.8, 4) is 0 Å². The normalized spacial score (nSPS) is 14.8. The molecular weight excluding hydrogens is 388 g/mol. The number of nitro groups is 1. The number of aromatic nitrogens is 2. The summed E-state index contributed by atoms with van der Waals surface area (Å²) in [5.41, 5.74) is 2.80. The SMILES string of the molecule is Cc1ccc(C(=O)Nc2cc3[nH]c(=O)[nH]c3cc2N2CCN(C)CC2)cc1[N+](=O)[O-]. The van der Waals surface area contributed by atoms with E-state index in [4.69, 9.17) is 0 Å². The summed E-state index contributed by atoms with van der Waals surface area (Å²) in [5.74, 6) is -0.453. The average molecular weight is 410 g/mol. The molecule has 0 unspecified atom stereocenters. The fraction of sp³-hybridized carbons (Fsp3) is 0.300. The number of anilines is 2. The number of fused-ring (bicyclic) bond motifs is 1. The smallest absolute Gasteiger partial charge is 0.323 e. The van der Waals surface area contributed by atoms with Crippen LogP contribution in [0.15, 0.2) is 35.1 Å². The van der Waals surface area contributed by atoms with Crippen molar-refractivity contribution in [3.05, 3.63) is 62.1 Å². The standard InChI is InChI=1S/C20H22N6O4/c1-12-3-4-13(9-17(12)26(29)30)19(27)21-16-10-14-15(23-20(28)22-14)11-18(16)25-7-5-24(2)6-8-25/h3-4,9-11H,5-8H2,1-2H3,(H,21,27)(H2,22,23,28). The Bertz CT molecular complexity index is 1190. The van der Waals surface area contributed by atoms with Crippen LogP contribution in [0.1, 0.15) is 15.9 Å². The van der Waals surface area contributed by atoms with E-state index in [1.54, 1.807) is 25.1 Å². The number of likely N-dealkylation sites (N-methyl/N-ethyl adjacent to an activating group) is 1. The summed E-state index contributed by atoms with van der Waals surface area (Å²) < 4.78 is 0. The van der Waals surface area contributed by atoms with Crippen LogP contribution in [0.4, 0.5) is 17.1 Å². The van der Waals surface area contributed by atoms with E-state index in [9.17, 15) is 19.7 Å². The van der Waals surface area contributed by atoms with Crippen molar-refractivity contribution in [1.29, 1.82) is 0 Å². The van der Waals surface area contributed by atoms with E-state index in [1.807, 2.05) is 6.07 Å². The minimum absolute atomic E-state index is 0.104. The predicted octanol–water partition coefficient (Wildman–Crippen LogP) is 2.08. The van der Waals surface area contributed by atoms with Crippen molar-refractivity contribution in [2.45, 2.75) is 6.92 Å². The Kier molecular flexibility index (Phi) is 5.00. The number of carbonyl (C=O) groups excluding carboxylic acids is 1. The third-order valence-electron chi connectivity index (χ3n) is 5.39. The molecule has 10 heteroatoms. The predicted molar refractivity (Wildman–Crippen MR) is 114 cm³/mol. The number of carbonyl (C=O) groups is 1. The summed E-state index contributed by atoms with van der Waals surface area (Å²) in [6.07, 6.45) is 0. The highest BCUT2D eigenvalue weighted by Crippen LogP contribution is 2.31. The van der Waals surface area contributed by atoms with E-state index in [-0.39, 0.29) is 16.9 Å². The third kappa shape index (κ3) is 3.77.